The molecule has 2 nitrogen and oxygen atoms in total. The van der Waals surface area contributed by atoms with Crippen LogP contribution in [0.25, 0.3) is 0 Å². The number of hydrogen-bond donors (Lipinski definition) is 1. The van der Waals surface area contributed by atoms with Gasteiger partial charge in [0.1, 0.15) is 0 Å². The molecule has 1 N–H and O–H groups in total. The van der Waals surface area contributed by atoms with Crippen molar-refractivity contribution in [1.29, 1.82) is 0 Å². The highest BCUT2D eigenvalue weighted by molar-refractivity contribution is 5.71. The van der Waals surface area contributed by atoms with Crippen molar-refractivity contribution < 1.29 is 0 Å². The first-order valence-corrected chi connectivity index (χ1v) is 3.96. The zero-order valence-electron chi connectivity index (χ0n) is 7.25. The fourth-order valence-electron chi connectivity index (χ4n) is 0.522. The normalized spacial score (nSPS) is 12.2. The molecule has 0 aromatic rings. The van der Waals surface area contributed by atoms with Crippen LogP contribution < -0.4 is 5.32 Å². The van der Waals surface area contributed by atoms with Gasteiger partial charge in [0, 0.05) is 19.3 Å². The van der Waals surface area contributed by atoms with Crippen molar-refractivity contribution in [3.8, 4) is 0 Å². The lowest BCUT2D eigenvalue weighted by Crippen LogP contribution is -2.00. The van der Waals surface area contributed by atoms with E-state index in [4.69, 9.17) is 0 Å². The van der Waals surface area contributed by atoms with E-state index in [0.29, 0.717) is 0 Å². The first kappa shape index (κ1) is 9.95. The Labute approximate surface area is 68.7 Å². The summed E-state index contributed by atoms with van der Waals surface area (Å²) in [6.45, 7) is 5.89. The molecular weight excluding hydrogens is 136 g/mol. The predicted molar refractivity (Wildman–Crippen MR) is 51.0 cm³/mol. The summed E-state index contributed by atoms with van der Waals surface area (Å²) < 4.78 is 0. The van der Waals surface area contributed by atoms with E-state index in [2.05, 4.69) is 17.2 Å². The second-order valence-electron chi connectivity index (χ2n) is 1.95. The summed E-state index contributed by atoms with van der Waals surface area (Å²) in [4.78, 5) is 4.02. The Morgan fingerprint density at radius 1 is 1.18 bits per heavy atom. The smallest absolute Gasteiger partial charge is 0.0360 e. The fourth-order valence-corrected chi connectivity index (χ4v) is 0.522. The minimum absolute atomic E-state index is 0.848. The molecule has 0 heterocycles. The Bertz CT molecular complexity index is 146. The van der Waals surface area contributed by atoms with Gasteiger partial charge in [-0.2, -0.15) is 0 Å². The largest absolute Gasteiger partial charge is 0.391 e. The molecular formula is C9H16N2. The summed E-state index contributed by atoms with van der Waals surface area (Å²) in [6, 6.07) is 0. The van der Waals surface area contributed by atoms with Crippen LogP contribution in [0.5, 0.6) is 0 Å². The van der Waals surface area contributed by atoms with Crippen LogP contribution in [-0.4, -0.2) is 19.3 Å². The van der Waals surface area contributed by atoms with Crippen LogP contribution in [0.15, 0.2) is 29.4 Å². The molecule has 62 valence electrons. The third-order valence-corrected chi connectivity index (χ3v) is 1.01. The summed E-state index contributed by atoms with van der Waals surface area (Å²) >= 11 is 0. The first-order valence-electron chi connectivity index (χ1n) is 3.96. The van der Waals surface area contributed by atoms with E-state index < -0.39 is 0 Å². The Balaban J connectivity index is 3.35. The third kappa shape index (κ3) is 8.95. The van der Waals surface area contributed by atoms with E-state index in [1.54, 1.807) is 6.21 Å². The second-order valence-corrected chi connectivity index (χ2v) is 1.95. The zero-order chi connectivity index (χ0) is 8.36. The summed E-state index contributed by atoms with van der Waals surface area (Å²) in [7, 11) is 0. The fraction of sp³-hybridized carbons (Fsp3) is 0.444. The lowest BCUT2D eigenvalue weighted by Gasteiger charge is -1.86. The van der Waals surface area contributed by atoms with E-state index >= 15 is 0 Å². The topological polar surface area (TPSA) is 24.4 Å². The minimum atomic E-state index is 0.848. The van der Waals surface area contributed by atoms with Gasteiger partial charge >= 0.3 is 0 Å². The number of allylic oxidation sites excluding steroid dienone is 3. The van der Waals surface area contributed by atoms with Crippen LogP contribution in [0.2, 0.25) is 0 Å². The molecule has 0 aromatic carbocycles. The molecule has 0 bridgehead atoms. The van der Waals surface area contributed by atoms with Gasteiger partial charge in [0.15, 0.2) is 0 Å². The lowest BCUT2D eigenvalue weighted by molar-refractivity contribution is 0.919. The average molecular weight is 152 g/mol. The van der Waals surface area contributed by atoms with Gasteiger partial charge in [0.05, 0.1) is 0 Å². The number of aliphatic imine (C=N–C) groups is 1. The molecule has 0 radical (unpaired) electrons. The summed E-state index contributed by atoms with van der Waals surface area (Å²) in [5.74, 6) is 0. The molecule has 0 aliphatic heterocycles. The maximum Gasteiger partial charge on any atom is 0.0360 e. The van der Waals surface area contributed by atoms with Gasteiger partial charge < -0.3 is 5.32 Å². The number of hydrogen-bond acceptors (Lipinski definition) is 2. The van der Waals surface area contributed by atoms with E-state index in [0.717, 1.165) is 13.1 Å². The molecule has 0 atom stereocenters. The van der Waals surface area contributed by atoms with Crippen LogP contribution >= 0.6 is 0 Å². The molecule has 0 rings (SSSR count). The summed E-state index contributed by atoms with van der Waals surface area (Å²) in [6.07, 6.45) is 9.52. The third-order valence-electron chi connectivity index (χ3n) is 1.01. The Hall–Kier alpha value is -1.05. The highest BCUT2D eigenvalue weighted by atomic mass is 14.8. The van der Waals surface area contributed by atoms with Crippen molar-refractivity contribution in [2.75, 3.05) is 13.1 Å². The van der Waals surface area contributed by atoms with Crippen LogP contribution in [0, 0.1) is 0 Å². The predicted octanol–water partition coefficient (Wildman–Crippen LogP) is 1.76. The van der Waals surface area contributed by atoms with Crippen molar-refractivity contribution in [2.24, 2.45) is 4.99 Å². The van der Waals surface area contributed by atoms with E-state index in [-0.39, 0.29) is 0 Å². The summed E-state index contributed by atoms with van der Waals surface area (Å²) in [5, 5.41) is 3.06. The number of nitrogens with one attached hydrogen (secondary N) is 1. The maximum absolute atomic E-state index is 4.02. The molecule has 0 fully saturated rings. The van der Waals surface area contributed by atoms with Crippen LogP contribution in [0.3, 0.4) is 0 Å². The van der Waals surface area contributed by atoms with Gasteiger partial charge in [-0.25, -0.2) is 0 Å². The second kappa shape index (κ2) is 8.95. The molecule has 0 saturated carbocycles. The molecule has 0 unspecified atom stereocenters. The SMILES string of the molecule is CCN=C/C=C/C=C/NCC. The molecule has 0 amide bonds. The highest BCUT2D eigenvalue weighted by Crippen LogP contribution is 1.73. The van der Waals surface area contributed by atoms with Crippen LogP contribution in [0.4, 0.5) is 0 Å². The van der Waals surface area contributed by atoms with Crippen molar-refractivity contribution >= 4 is 6.21 Å². The van der Waals surface area contributed by atoms with E-state index in [1.807, 2.05) is 31.4 Å². The van der Waals surface area contributed by atoms with E-state index in [9.17, 15) is 0 Å². The van der Waals surface area contributed by atoms with Gasteiger partial charge in [-0.15, -0.1) is 0 Å². The molecule has 11 heavy (non-hydrogen) atoms. The van der Waals surface area contributed by atoms with Gasteiger partial charge in [0.2, 0.25) is 0 Å². The Kier molecular flexibility index (Phi) is 8.10. The molecule has 2 heteroatoms. The molecule has 0 aliphatic rings. The Morgan fingerprint density at radius 2 is 2.00 bits per heavy atom. The number of rotatable bonds is 5. The highest BCUT2D eigenvalue weighted by Gasteiger charge is 1.64. The van der Waals surface area contributed by atoms with E-state index in [1.165, 1.54) is 0 Å². The molecule has 0 aromatic heterocycles. The van der Waals surface area contributed by atoms with Crippen molar-refractivity contribution in [3.05, 3.63) is 24.4 Å². The van der Waals surface area contributed by atoms with Crippen molar-refractivity contribution in [2.45, 2.75) is 13.8 Å². The quantitative estimate of drug-likeness (QED) is 0.471. The molecule has 0 saturated heterocycles. The monoisotopic (exact) mass is 152 g/mol. The standard InChI is InChI=1S/C9H16N2/c1-3-10-8-6-5-7-9-11-4-2/h5-10H,3-4H2,1-2H3/b7-5+,8-6+,11-9?. The first-order chi connectivity index (χ1) is 5.41. The van der Waals surface area contributed by atoms with Gasteiger partial charge in [-0.3, -0.25) is 4.99 Å². The van der Waals surface area contributed by atoms with Crippen LogP contribution in [0.1, 0.15) is 13.8 Å². The van der Waals surface area contributed by atoms with Gasteiger partial charge in [-0.1, -0.05) is 6.08 Å². The lowest BCUT2D eigenvalue weighted by atomic mass is 10.5. The average Bonchev–Trinajstić information content (AvgIpc) is 2.03. The number of nitrogens with zero attached hydrogens (tertiary/aromatic N) is 1. The Morgan fingerprint density at radius 3 is 2.64 bits per heavy atom. The molecule has 0 aliphatic carbocycles. The molecule has 0 spiro atoms. The maximum atomic E-state index is 4.02. The summed E-state index contributed by atoms with van der Waals surface area (Å²) in [5.41, 5.74) is 0. The zero-order valence-corrected chi connectivity index (χ0v) is 7.25. The van der Waals surface area contributed by atoms with Crippen LogP contribution in [-0.2, 0) is 0 Å². The van der Waals surface area contributed by atoms with Gasteiger partial charge in [0.25, 0.3) is 0 Å². The van der Waals surface area contributed by atoms with Gasteiger partial charge in [-0.05, 0) is 32.2 Å². The van der Waals surface area contributed by atoms with Crippen molar-refractivity contribution in [3.63, 3.8) is 0 Å². The van der Waals surface area contributed by atoms with Crippen molar-refractivity contribution in [1.82, 2.24) is 5.32 Å². The minimum Gasteiger partial charge on any atom is -0.391 e.